The number of aryl methyl sites for hydroxylation is 1. The van der Waals surface area contributed by atoms with Crippen molar-refractivity contribution in [2.45, 2.75) is 6.92 Å². The van der Waals surface area contributed by atoms with Gasteiger partial charge >= 0.3 is 0 Å². The van der Waals surface area contributed by atoms with E-state index in [4.69, 9.17) is 4.42 Å². The third kappa shape index (κ3) is 3.11. The normalized spacial score (nSPS) is 11.3. The summed E-state index contributed by atoms with van der Waals surface area (Å²) in [7, 11) is 0. The minimum Gasteiger partial charge on any atom is -0.455 e. The molecule has 0 unspecified atom stereocenters. The van der Waals surface area contributed by atoms with Gasteiger partial charge in [0.25, 0.3) is 0 Å². The first kappa shape index (κ1) is 18.7. The Kier molecular flexibility index (Phi) is 4.40. The summed E-state index contributed by atoms with van der Waals surface area (Å²) in [5.41, 5.74) is 10.2. The van der Waals surface area contributed by atoms with Crippen LogP contribution in [0.15, 0.2) is 120 Å². The molecule has 32 heavy (non-hydrogen) atoms. The molecule has 0 aliphatic rings. The number of furan rings is 1. The first-order valence-corrected chi connectivity index (χ1v) is 10.9. The highest BCUT2D eigenvalue weighted by Gasteiger charge is 2.17. The van der Waals surface area contributed by atoms with E-state index >= 15 is 0 Å². The van der Waals surface area contributed by atoms with Crippen LogP contribution in [0.5, 0.6) is 0 Å². The summed E-state index contributed by atoms with van der Waals surface area (Å²) in [4.78, 5) is 0. The highest BCUT2D eigenvalue weighted by molar-refractivity contribution is 6.16. The maximum Gasteiger partial charge on any atom is 0.143 e. The van der Waals surface area contributed by atoms with Crippen LogP contribution in [0.4, 0.5) is 0 Å². The van der Waals surface area contributed by atoms with E-state index in [0.717, 1.165) is 27.7 Å². The van der Waals surface area contributed by atoms with Gasteiger partial charge in [-0.1, -0.05) is 103 Å². The zero-order chi connectivity index (χ0) is 21.5. The van der Waals surface area contributed by atoms with E-state index in [1.54, 1.807) is 0 Å². The quantitative estimate of drug-likeness (QED) is 0.284. The standard InChI is InChI=1S/C31H22O/c1-21-9-7-12-23(19-21)24-13-8-14-25(20-24)27-18-17-26(22-10-3-2-4-11-22)30-28-15-5-6-16-29(28)32-31(27)30/h2-20H,1H3. The van der Waals surface area contributed by atoms with Gasteiger partial charge in [-0.15, -0.1) is 0 Å². The van der Waals surface area contributed by atoms with Gasteiger partial charge in [0.1, 0.15) is 11.2 Å². The summed E-state index contributed by atoms with van der Waals surface area (Å²) >= 11 is 0. The minimum atomic E-state index is 0.918. The fraction of sp³-hybridized carbons (Fsp3) is 0.0323. The predicted octanol–water partition coefficient (Wildman–Crippen LogP) is 8.90. The number of hydrogen-bond donors (Lipinski definition) is 0. The van der Waals surface area contributed by atoms with E-state index < -0.39 is 0 Å². The lowest BCUT2D eigenvalue weighted by Gasteiger charge is -2.10. The van der Waals surface area contributed by atoms with E-state index in [2.05, 4.69) is 116 Å². The summed E-state index contributed by atoms with van der Waals surface area (Å²) in [6.07, 6.45) is 0. The molecule has 0 atom stereocenters. The van der Waals surface area contributed by atoms with Crippen molar-refractivity contribution in [3.63, 3.8) is 0 Å². The molecule has 0 spiro atoms. The molecule has 152 valence electrons. The van der Waals surface area contributed by atoms with Crippen LogP contribution in [0, 0.1) is 6.92 Å². The summed E-state index contributed by atoms with van der Waals surface area (Å²) in [5.74, 6) is 0. The van der Waals surface area contributed by atoms with Crippen LogP contribution >= 0.6 is 0 Å². The van der Waals surface area contributed by atoms with Crippen LogP contribution < -0.4 is 0 Å². The molecule has 0 radical (unpaired) electrons. The lowest BCUT2D eigenvalue weighted by atomic mass is 9.93. The van der Waals surface area contributed by atoms with Crippen molar-refractivity contribution in [2.75, 3.05) is 0 Å². The number of benzene rings is 5. The van der Waals surface area contributed by atoms with Crippen molar-refractivity contribution in [3.8, 4) is 33.4 Å². The van der Waals surface area contributed by atoms with Crippen LogP contribution in [0.2, 0.25) is 0 Å². The monoisotopic (exact) mass is 410 g/mol. The number of rotatable bonds is 3. The lowest BCUT2D eigenvalue weighted by Crippen LogP contribution is -1.85. The van der Waals surface area contributed by atoms with Gasteiger partial charge in [0.15, 0.2) is 0 Å². The van der Waals surface area contributed by atoms with Crippen LogP contribution in [0.25, 0.3) is 55.3 Å². The second-order valence-electron chi connectivity index (χ2n) is 8.28. The molecule has 1 heteroatoms. The molecule has 0 saturated heterocycles. The summed E-state index contributed by atoms with van der Waals surface area (Å²) in [6.45, 7) is 2.13. The fourth-order valence-electron chi connectivity index (χ4n) is 4.60. The molecule has 0 bridgehead atoms. The van der Waals surface area contributed by atoms with Gasteiger partial charge in [0, 0.05) is 16.3 Å². The number of fused-ring (bicyclic) bond motifs is 3. The summed E-state index contributed by atoms with van der Waals surface area (Å²) < 4.78 is 6.46. The van der Waals surface area contributed by atoms with Crippen molar-refractivity contribution in [2.24, 2.45) is 0 Å². The Bertz CT molecular complexity index is 1570. The fourth-order valence-corrected chi connectivity index (χ4v) is 4.60. The van der Waals surface area contributed by atoms with Crippen molar-refractivity contribution >= 4 is 21.9 Å². The Balaban J connectivity index is 1.61. The van der Waals surface area contributed by atoms with Crippen molar-refractivity contribution in [1.82, 2.24) is 0 Å². The van der Waals surface area contributed by atoms with Gasteiger partial charge in [-0.3, -0.25) is 0 Å². The maximum atomic E-state index is 6.46. The van der Waals surface area contributed by atoms with Gasteiger partial charge in [0.05, 0.1) is 0 Å². The Morgan fingerprint density at radius 1 is 0.500 bits per heavy atom. The molecule has 0 saturated carbocycles. The largest absolute Gasteiger partial charge is 0.455 e. The third-order valence-electron chi connectivity index (χ3n) is 6.14. The Morgan fingerprint density at radius 3 is 2.00 bits per heavy atom. The Hall–Kier alpha value is -4.10. The lowest BCUT2D eigenvalue weighted by molar-refractivity contribution is 0.670. The smallest absolute Gasteiger partial charge is 0.143 e. The highest BCUT2D eigenvalue weighted by Crippen LogP contribution is 2.42. The minimum absolute atomic E-state index is 0.918. The number of para-hydroxylation sites is 1. The molecular weight excluding hydrogens is 388 g/mol. The van der Waals surface area contributed by atoms with Crippen molar-refractivity contribution < 1.29 is 4.42 Å². The maximum absolute atomic E-state index is 6.46. The van der Waals surface area contributed by atoms with Gasteiger partial charge in [0.2, 0.25) is 0 Å². The number of hydrogen-bond acceptors (Lipinski definition) is 1. The first-order chi connectivity index (χ1) is 15.8. The SMILES string of the molecule is Cc1cccc(-c2cccc(-c3ccc(-c4ccccc4)c4c3oc3ccccc34)c2)c1. The predicted molar refractivity (Wildman–Crippen MR) is 135 cm³/mol. The molecule has 1 aromatic heterocycles. The van der Waals surface area contributed by atoms with Crippen LogP contribution in [0.3, 0.4) is 0 Å². The molecule has 0 aliphatic heterocycles. The molecule has 6 aromatic rings. The van der Waals surface area contributed by atoms with Crippen molar-refractivity contribution in [3.05, 3.63) is 121 Å². The first-order valence-electron chi connectivity index (χ1n) is 10.9. The van der Waals surface area contributed by atoms with Gasteiger partial charge in [-0.2, -0.15) is 0 Å². The average Bonchev–Trinajstić information content (AvgIpc) is 3.24. The molecular formula is C31H22O. The molecule has 0 N–H and O–H groups in total. The Morgan fingerprint density at radius 2 is 1.16 bits per heavy atom. The molecule has 0 amide bonds. The zero-order valence-electron chi connectivity index (χ0n) is 17.9. The summed E-state index contributed by atoms with van der Waals surface area (Å²) in [6, 6.07) is 40.7. The molecule has 5 aromatic carbocycles. The van der Waals surface area contributed by atoms with Crippen LogP contribution in [-0.4, -0.2) is 0 Å². The molecule has 0 fully saturated rings. The van der Waals surface area contributed by atoms with Gasteiger partial charge in [-0.25, -0.2) is 0 Å². The van der Waals surface area contributed by atoms with E-state index in [1.165, 1.54) is 33.2 Å². The summed E-state index contributed by atoms with van der Waals surface area (Å²) in [5, 5.41) is 2.32. The van der Waals surface area contributed by atoms with E-state index in [-0.39, 0.29) is 0 Å². The second-order valence-corrected chi connectivity index (χ2v) is 8.28. The Labute approximate surface area is 187 Å². The van der Waals surface area contributed by atoms with E-state index in [1.807, 2.05) is 6.07 Å². The molecule has 6 rings (SSSR count). The second kappa shape index (κ2) is 7.55. The van der Waals surface area contributed by atoms with E-state index in [0.29, 0.717) is 0 Å². The van der Waals surface area contributed by atoms with Gasteiger partial charge in [-0.05, 0) is 52.9 Å². The highest BCUT2D eigenvalue weighted by atomic mass is 16.3. The topological polar surface area (TPSA) is 13.1 Å². The molecule has 1 heterocycles. The third-order valence-corrected chi connectivity index (χ3v) is 6.14. The van der Waals surface area contributed by atoms with Gasteiger partial charge < -0.3 is 4.42 Å². The average molecular weight is 411 g/mol. The van der Waals surface area contributed by atoms with Crippen molar-refractivity contribution in [1.29, 1.82) is 0 Å². The zero-order valence-corrected chi connectivity index (χ0v) is 17.9. The van der Waals surface area contributed by atoms with Crippen LogP contribution in [-0.2, 0) is 0 Å². The van der Waals surface area contributed by atoms with E-state index in [9.17, 15) is 0 Å². The molecule has 1 nitrogen and oxygen atoms in total. The molecule has 0 aliphatic carbocycles. The van der Waals surface area contributed by atoms with Crippen LogP contribution in [0.1, 0.15) is 5.56 Å².